The summed E-state index contributed by atoms with van der Waals surface area (Å²) in [4.78, 5) is 14.2. The van der Waals surface area contributed by atoms with E-state index in [1.54, 1.807) is 19.9 Å². The molecule has 2 heterocycles. The van der Waals surface area contributed by atoms with Crippen molar-refractivity contribution in [1.29, 1.82) is 0 Å². The van der Waals surface area contributed by atoms with Crippen LogP contribution in [0.3, 0.4) is 0 Å². The van der Waals surface area contributed by atoms with Gasteiger partial charge in [0.05, 0.1) is 34.8 Å². The summed E-state index contributed by atoms with van der Waals surface area (Å²) in [5, 5.41) is 0.394. The average molecular weight is 587 g/mol. The van der Waals surface area contributed by atoms with Gasteiger partial charge in [-0.2, -0.15) is 13.2 Å². The van der Waals surface area contributed by atoms with Crippen LogP contribution in [0.4, 0.5) is 22.0 Å². The lowest BCUT2D eigenvalue weighted by molar-refractivity contribution is -0.138. The van der Waals surface area contributed by atoms with E-state index in [1.807, 2.05) is 30.3 Å². The number of alkyl halides is 3. The van der Waals surface area contributed by atoms with E-state index < -0.39 is 53.0 Å². The van der Waals surface area contributed by atoms with Crippen molar-refractivity contribution in [3.8, 4) is 16.9 Å². The molecule has 4 nitrogen and oxygen atoms in total. The Labute approximate surface area is 238 Å². The summed E-state index contributed by atoms with van der Waals surface area (Å²) < 4.78 is 79.4. The SMILES string of the molecule is CCOc1cccc(-c2c(C)c(Cc3c(F)cccc3C(F)(F)F)c3n(c2=O)[C@H](C(N)c2ccccc2)CS3)c1F. The summed E-state index contributed by atoms with van der Waals surface area (Å²) in [6.07, 6.45) is -5.25. The van der Waals surface area contributed by atoms with Crippen molar-refractivity contribution < 1.29 is 26.7 Å². The highest BCUT2D eigenvalue weighted by Gasteiger charge is 2.38. The first-order chi connectivity index (χ1) is 19.5. The highest BCUT2D eigenvalue weighted by Crippen LogP contribution is 2.44. The van der Waals surface area contributed by atoms with Crippen molar-refractivity contribution in [1.82, 2.24) is 4.57 Å². The molecule has 2 N–H and O–H groups in total. The fourth-order valence-corrected chi connectivity index (χ4v) is 6.81. The Morgan fingerprint density at radius 1 is 1.02 bits per heavy atom. The van der Waals surface area contributed by atoms with Gasteiger partial charge >= 0.3 is 6.18 Å². The molecule has 0 saturated carbocycles. The van der Waals surface area contributed by atoms with E-state index in [2.05, 4.69) is 0 Å². The van der Waals surface area contributed by atoms with Crippen LogP contribution in [0.5, 0.6) is 5.75 Å². The van der Waals surface area contributed by atoms with E-state index in [4.69, 9.17) is 10.5 Å². The van der Waals surface area contributed by atoms with Gasteiger partial charge in [-0.3, -0.25) is 9.36 Å². The second-order valence-electron chi connectivity index (χ2n) is 9.76. The van der Waals surface area contributed by atoms with Gasteiger partial charge in [-0.05, 0) is 48.7 Å². The standard InChI is InChI=1S/C31H27F5N2O2S/c1-3-40-25-14-7-11-19(27(25)33)26-17(2)20(15-21-22(31(34,35)36)12-8-13-23(21)32)30-38(29(26)39)24(16-41-30)28(37)18-9-5-4-6-10-18/h4-14,24,28H,3,15-16,37H2,1-2H3/t24-,28?/m0/s1. The van der Waals surface area contributed by atoms with Crippen LogP contribution in [-0.4, -0.2) is 16.9 Å². The van der Waals surface area contributed by atoms with Gasteiger partial charge in [0, 0.05) is 23.3 Å². The van der Waals surface area contributed by atoms with Crippen LogP contribution in [-0.2, 0) is 12.6 Å². The van der Waals surface area contributed by atoms with E-state index >= 15 is 8.78 Å². The number of fused-ring (bicyclic) bond motifs is 1. The van der Waals surface area contributed by atoms with Crippen LogP contribution < -0.4 is 16.0 Å². The molecule has 0 amide bonds. The minimum atomic E-state index is -4.80. The lowest BCUT2D eigenvalue weighted by Gasteiger charge is -2.25. The van der Waals surface area contributed by atoms with Gasteiger partial charge in [-0.1, -0.05) is 48.5 Å². The maximum Gasteiger partial charge on any atom is 0.416 e. The quantitative estimate of drug-likeness (QED) is 0.229. The van der Waals surface area contributed by atoms with Crippen LogP contribution in [0.2, 0.25) is 0 Å². The third-order valence-corrected chi connectivity index (χ3v) is 8.59. The Hall–Kier alpha value is -3.63. The molecule has 0 radical (unpaired) electrons. The van der Waals surface area contributed by atoms with Crippen molar-refractivity contribution in [2.24, 2.45) is 5.73 Å². The molecule has 41 heavy (non-hydrogen) atoms. The zero-order valence-corrected chi connectivity index (χ0v) is 23.1. The third kappa shape index (κ3) is 5.26. The van der Waals surface area contributed by atoms with Gasteiger partial charge in [0.25, 0.3) is 5.56 Å². The third-order valence-electron chi connectivity index (χ3n) is 7.37. The lowest BCUT2D eigenvalue weighted by Crippen LogP contribution is -2.33. The van der Waals surface area contributed by atoms with E-state index in [0.717, 1.165) is 23.8 Å². The molecule has 0 fully saturated rings. The summed E-state index contributed by atoms with van der Waals surface area (Å²) in [6.45, 7) is 3.43. The molecule has 1 unspecified atom stereocenters. The molecular formula is C31H27F5N2O2S. The number of hydrogen-bond acceptors (Lipinski definition) is 4. The summed E-state index contributed by atoms with van der Waals surface area (Å²) in [6, 6.07) is 15.1. The summed E-state index contributed by atoms with van der Waals surface area (Å²) >= 11 is 1.27. The molecule has 10 heteroatoms. The molecule has 1 aliphatic rings. The number of thioether (sulfide) groups is 1. The van der Waals surface area contributed by atoms with Crippen molar-refractivity contribution in [2.45, 2.75) is 43.6 Å². The lowest BCUT2D eigenvalue weighted by atomic mass is 9.91. The Bertz CT molecular complexity index is 1650. The number of nitrogens with two attached hydrogens (primary N) is 1. The zero-order chi connectivity index (χ0) is 29.5. The molecule has 3 aromatic carbocycles. The molecule has 5 rings (SSSR count). The van der Waals surface area contributed by atoms with E-state index in [0.29, 0.717) is 16.3 Å². The molecule has 2 atom stereocenters. The second kappa shape index (κ2) is 11.3. The molecule has 4 aromatic rings. The minimum Gasteiger partial charge on any atom is -0.491 e. The highest BCUT2D eigenvalue weighted by atomic mass is 32.2. The van der Waals surface area contributed by atoms with E-state index in [-0.39, 0.29) is 29.0 Å². The smallest absolute Gasteiger partial charge is 0.416 e. The fourth-order valence-electron chi connectivity index (χ4n) is 5.37. The number of rotatable bonds is 7. The van der Waals surface area contributed by atoms with Crippen molar-refractivity contribution in [3.05, 3.63) is 117 Å². The summed E-state index contributed by atoms with van der Waals surface area (Å²) in [5.74, 6) is -1.49. The number of hydrogen-bond donors (Lipinski definition) is 1. The van der Waals surface area contributed by atoms with Gasteiger partial charge in [-0.25, -0.2) is 8.78 Å². The van der Waals surface area contributed by atoms with Crippen LogP contribution in [0.1, 0.15) is 46.8 Å². The highest BCUT2D eigenvalue weighted by molar-refractivity contribution is 7.99. The number of halogens is 5. The molecule has 0 bridgehead atoms. The first-order valence-corrected chi connectivity index (χ1v) is 14.0. The van der Waals surface area contributed by atoms with Crippen LogP contribution in [0.25, 0.3) is 11.1 Å². The van der Waals surface area contributed by atoms with Crippen molar-refractivity contribution in [2.75, 3.05) is 12.4 Å². The first-order valence-electron chi connectivity index (χ1n) is 13.0. The fraction of sp³-hybridized carbons (Fsp3) is 0.258. The monoisotopic (exact) mass is 586 g/mol. The number of ether oxygens (including phenoxy) is 1. The normalized spacial score (nSPS) is 15.6. The number of nitrogens with zero attached hydrogens (tertiary/aromatic N) is 1. The maximum absolute atomic E-state index is 15.7. The first kappa shape index (κ1) is 28.9. The Morgan fingerprint density at radius 2 is 1.73 bits per heavy atom. The predicted molar refractivity (Wildman–Crippen MR) is 149 cm³/mol. The van der Waals surface area contributed by atoms with Crippen molar-refractivity contribution in [3.63, 3.8) is 0 Å². The van der Waals surface area contributed by atoms with Crippen LogP contribution in [0, 0.1) is 18.6 Å². The van der Waals surface area contributed by atoms with E-state index in [9.17, 15) is 18.0 Å². The van der Waals surface area contributed by atoms with Gasteiger partial charge < -0.3 is 10.5 Å². The average Bonchev–Trinajstić information content (AvgIpc) is 3.39. The summed E-state index contributed by atoms with van der Waals surface area (Å²) in [7, 11) is 0. The predicted octanol–water partition coefficient (Wildman–Crippen LogP) is 7.46. The molecule has 1 aromatic heterocycles. The summed E-state index contributed by atoms with van der Waals surface area (Å²) in [5.41, 5.74) is 5.72. The minimum absolute atomic E-state index is 0.0273. The molecule has 0 saturated heterocycles. The van der Waals surface area contributed by atoms with Crippen LogP contribution in [0.15, 0.2) is 76.6 Å². The van der Waals surface area contributed by atoms with Crippen LogP contribution >= 0.6 is 11.8 Å². The molecule has 1 aliphatic heterocycles. The second-order valence-corrected chi connectivity index (χ2v) is 10.8. The Kier molecular flexibility index (Phi) is 7.98. The zero-order valence-electron chi connectivity index (χ0n) is 22.3. The van der Waals surface area contributed by atoms with E-state index in [1.165, 1.54) is 28.5 Å². The molecular weight excluding hydrogens is 559 g/mol. The topological polar surface area (TPSA) is 57.2 Å². The van der Waals surface area contributed by atoms with Gasteiger partial charge in [0.15, 0.2) is 11.6 Å². The van der Waals surface area contributed by atoms with Crippen molar-refractivity contribution >= 4 is 11.8 Å². The van der Waals surface area contributed by atoms with Gasteiger partial charge in [0.1, 0.15) is 5.82 Å². The number of benzene rings is 3. The largest absolute Gasteiger partial charge is 0.491 e. The Balaban J connectivity index is 1.78. The maximum atomic E-state index is 15.7. The van der Waals surface area contributed by atoms with Gasteiger partial charge in [0.2, 0.25) is 0 Å². The number of aromatic nitrogens is 1. The number of pyridine rings is 1. The van der Waals surface area contributed by atoms with Gasteiger partial charge in [-0.15, -0.1) is 11.8 Å². The Morgan fingerprint density at radius 3 is 2.41 bits per heavy atom. The molecule has 0 aliphatic carbocycles. The molecule has 214 valence electrons. The molecule has 0 spiro atoms.